The number of nitrogens with one attached hydrogen (secondary N) is 1. The number of likely N-dealkylation sites (tertiary alicyclic amines) is 1. The number of carbonyl (C=O) groups is 1. The molecule has 1 amide bonds. The molecule has 0 aromatic carbocycles. The van der Waals surface area contributed by atoms with Gasteiger partial charge in [-0.05, 0) is 18.1 Å². The van der Waals surface area contributed by atoms with E-state index in [-0.39, 0.29) is 29.5 Å². The number of pyridine rings is 1. The van der Waals surface area contributed by atoms with Crippen LogP contribution in [0.4, 0.5) is 27.9 Å². The molecular weight excluding hydrogens is 509 g/mol. The van der Waals surface area contributed by atoms with Crippen LogP contribution in [0.3, 0.4) is 0 Å². The van der Waals surface area contributed by atoms with Crippen molar-refractivity contribution in [1.29, 1.82) is 0 Å². The van der Waals surface area contributed by atoms with E-state index in [1.165, 1.54) is 31.6 Å². The highest BCUT2D eigenvalue weighted by molar-refractivity contribution is 6.31. The Bertz CT molecular complexity index is 1150. The fraction of sp³-hybridized carbons (Fsp3) is 0.409. The molecule has 1 fully saturated rings. The van der Waals surface area contributed by atoms with Crippen molar-refractivity contribution in [2.24, 2.45) is 16.6 Å². The number of halogens is 6. The zero-order chi connectivity index (χ0) is 26.7. The van der Waals surface area contributed by atoms with Crippen molar-refractivity contribution in [1.82, 2.24) is 19.9 Å². The van der Waals surface area contributed by atoms with Gasteiger partial charge in [0.15, 0.2) is 0 Å². The Morgan fingerprint density at radius 2 is 2.00 bits per heavy atom. The van der Waals surface area contributed by atoms with Crippen LogP contribution in [0.25, 0.3) is 5.57 Å². The second-order valence-electron chi connectivity index (χ2n) is 8.29. The predicted molar refractivity (Wildman–Crippen MR) is 125 cm³/mol. The summed E-state index contributed by atoms with van der Waals surface area (Å²) < 4.78 is 67.2. The Morgan fingerprint density at radius 1 is 1.33 bits per heavy atom. The number of alkyl halides is 5. The van der Waals surface area contributed by atoms with E-state index in [0.717, 1.165) is 4.90 Å². The molecule has 3 heterocycles. The molecule has 1 aliphatic heterocycles. The van der Waals surface area contributed by atoms with Crippen LogP contribution in [-0.4, -0.2) is 64.1 Å². The highest BCUT2D eigenvalue weighted by Crippen LogP contribution is 2.35. The topological polar surface area (TPSA) is 109 Å². The van der Waals surface area contributed by atoms with Gasteiger partial charge in [0.2, 0.25) is 5.95 Å². The highest BCUT2D eigenvalue weighted by Gasteiger charge is 2.46. The Kier molecular flexibility index (Phi) is 8.12. The fourth-order valence-corrected chi connectivity index (χ4v) is 4.03. The van der Waals surface area contributed by atoms with Crippen LogP contribution in [0.2, 0.25) is 5.02 Å². The smallest absolute Gasteiger partial charge is 0.394 e. The van der Waals surface area contributed by atoms with E-state index in [9.17, 15) is 26.7 Å². The fourth-order valence-electron chi connectivity index (χ4n) is 3.87. The molecule has 8 nitrogen and oxygen atoms in total. The second-order valence-corrected chi connectivity index (χ2v) is 8.72. The molecule has 0 spiro atoms. The third kappa shape index (κ3) is 6.45. The van der Waals surface area contributed by atoms with E-state index in [4.69, 9.17) is 17.3 Å². The number of hydrogen-bond donors (Lipinski definition) is 2. The first-order valence-corrected chi connectivity index (χ1v) is 11.1. The Morgan fingerprint density at radius 3 is 2.58 bits per heavy atom. The van der Waals surface area contributed by atoms with Crippen LogP contribution in [0.5, 0.6) is 0 Å². The molecule has 0 radical (unpaired) electrons. The molecule has 2 unspecified atom stereocenters. The number of aromatic nitrogens is 3. The van der Waals surface area contributed by atoms with Crippen molar-refractivity contribution >= 4 is 35.2 Å². The van der Waals surface area contributed by atoms with Crippen LogP contribution in [0.15, 0.2) is 41.4 Å². The molecule has 14 heteroatoms. The molecule has 194 valence electrons. The molecular formula is C22H23ClF5N7O. The van der Waals surface area contributed by atoms with Gasteiger partial charge in [-0.3, -0.25) is 14.8 Å². The maximum absolute atomic E-state index is 14.5. The second kappa shape index (κ2) is 10.7. The largest absolute Gasteiger partial charge is 0.419 e. The van der Waals surface area contributed by atoms with Crippen molar-refractivity contribution < 1.29 is 26.7 Å². The number of piperidine rings is 1. The molecule has 0 aliphatic carbocycles. The summed E-state index contributed by atoms with van der Waals surface area (Å²) in [4.78, 5) is 29.6. The van der Waals surface area contributed by atoms with Crippen molar-refractivity contribution in [2.45, 2.75) is 31.5 Å². The van der Waals surface area contributed by atoms with Crippen molar-refractivity contribution in [3.63, 3.8) is 0 Å². The maximum Gasteiger partial charge on any atom is 0.419 e. The van der Waals surface area contributed by atoms with Gasteiger partial charge in [-0.25, -0.2) is 18.7 Å². The van der Waals surface area contributed by atoms with Crippen LogP contribution in [0, 0.1) is 5.92 Å². The first-order valence-electron chi connectivity index (χ1n) is 10.7. The van der Waals surface area contributed by atoms with E-state index in [1.54, 1.807) is 6.92 Å². The summed E-state index contributed by atoms with van der Waals surface area (Å²) in [5.41, 5.74) is 5.07. The van der Waals surface area contributed by atoms with Gasteiger partial charge in [-0.1, -0.05) is 18.5 Å². The van der Waals surface area contributed by atoms with Crippen molar-refractivity contribution in [2.75, 3.05) is 25.5 Å². The van der Waals surface area contributed by atoms with Gasteiger partial charge in [0.05, 0.1) is 23.8 Å². The number of amides is 1. The molecule has 3 rings (SSSR count). The number of nitrogens with two attached hydrogens (primary N) is 1. The average molecular weight is 532 g/mol. The zero-order valence-electron chi connectivity index (χ0n) is 19.2. The normalized spacial score (nSPS) is 20.8. The first-order chi connectivity index (χ1) is 16.8. The van der Waals surface area contributed by atoms with Gasteiger partial charge in [-0.2, -0.15) is 13.2 Å². The Hall–Kier alpha value is -3.35. The van der Waals surface area contributed by atoms with Gasteiger partial charge in [0.1, 0.15) is 5.70 Å². The van der Waals surface area contributed by atoms with Gasteiger partial charge in [0, 0.05) is 55.4 Å². The summed E-state index contributed by atoms with van der Waals surface area (Å²) in [6.07, 6.45) is -1.22. The summed E-state index contributed by atoms with van der Waals surface area (Å²) in [6.45, 7) is 0.533. The molecule has 2 aromatic heterocycles. The van der Waals surface area contributed by atoms with Gasteiger partial charge in [0.25, 0.3) is 11.8 Å². The van der Waals surface area contributed by atoms with Gasteiger partial charge in [-0.15, -0.1) is 0 Å². The van der Waals surface area contributed by atoms with Crippen LogP contribution >= 0.6 is 11.6 Å². The lowest BCUT2D eigenvalue weighted by atomic mass is 9.88. The third-order valence-electron chi connectivity index (χ3n) is 5.57. The summed E-state index contributed by atoms with van der Waals surface area (Å²) in [7, 11) is 1.44. The van der Waals surface area contributed by atoms with Gasteiger partial charge >= 0.3 is 6.18 Å². The van der Waals surface area contributed by atoms with Crippen LogP contribution in [-0.2, 0) is 11.0 Å². The monoisotopic (exact) mass is 531 g/mol. The van der Waals surface area contributed by atoms with Crippen LogP contribution < -0.4 is 11.1 Å². The summed E-state index contributed by atoms with van der Waals surface area (Å²) >= 11 is 6.01. The summed E-state index contributed by atoms with van der Waals surface area (Å²) in [5, 5.41) is 3.05. The molecule has 36 heavy (non-hydrogen) atoms. The van der Waals surface area contributed by atoms with E-state index in [2.05, 4.69) is 25.3 Å². The summed E-state index contributed by atoms with van der Waals surface area (Å²) in [5.74, 6) is -4.90. The predicted octanol–water partition coefficient (Wildman–Crippen LogP) is 3.90. The van der Waals surface area contributed by atoms with E-state index < -0.39 is 48.5 Å². The van der Waals surface area contributed by atoms with Crippen LogP contribution in [0.1, 0.15) is 24.6 Å². The third-order valence-corrected chi connectivity index (χ3v) is 5.80. The Labute approximate surface area is 208 Å². The standard InChI is InChI=1S/C22H23ClF5N7O/c1-12-6-21(24,25)11-35(17(12)10-34-20-32-7-13(8-33-20)22(26,27)28)19(36)18(29)15(9-30-2)16-5-14(23)3-4-31-16/h3-5,7-9,12,17H,6,10-11,29H2,1-2H3,(H,32,33,34). The van der Waals surface area contributed by atoms with E-state index in [0.29, 0.717) is 17.4 Å². The average Bonchev–Trinajstić information content (AvgIpc) is 2.80. The minimum Gasteiger partial charge on any atom is -0.394 e. The number of nitrogens with zero attached hydrogens (tertiary/aromatic N) is 5. The lowest BCUT2D eigenvalue weighted by Crippen LogP contribution is -2.58. The Balaban J connectivity index is 1.90. The number of carbonyl (C=O) groups excluding carboxylic acids is 1. The van der Waals surface area contributed by atoms with Crippen molar-refractivity contribution in [3.8, 4) is 0 Å². The number of rotatable bonds is 6. The number of anilines is 1. The summed E-state index contributed by atoms with van der Waals surface area (Å²) in [6, 6.07) is 2.17. The number of allylic oxidation sites excluding steroid dienone is 1. The molecule has 2 aromatic rings. The molecule has 1 aliphatic rings. The minimum absolute atomic E-state index is 0.101. The van der Waals surface area contributed by atoms with Gasteiger partial charge < -0.3 is 16.0 Å². The molecule has 2 atom stereocenters. The molecule has 0 saturated carbocycles. The molecule has 1 saturated heterocycles. The SMILES string of the molecule is CN=CC(=C(N)C(=O)N1CC(F)(F)CC(C)C1CNc1ncc(C(F)(F)F)cn1)c1cc(Cl)ccn1. The zero-order valence-corrected chi connectivity index (χ0v) is 20.0. The quantitative estimate of drug-likeness (QED) is 0.332. The molecule has 0 bridgehead atoms. The molecule has 3 N–H and O–H groups in total. The number of aliphatic imine (C=N–C) groups is 1. The highest BCUT2D eigenvalue weighted by atomic mass is 35.5. The van der Waals surface area contributed by atoms with E-state index in [1.807, 2.05) is 0 Å². The lowest BCUT2D eigenvalue weighted by Gasteiger charge is -2.43. The first kappa shape index (κ1) is 27.2. The van der Waals surface area contributed by atoms with E-state index >= 15 is 0 Å². The van der Waals surface area contributed by atoms with Crippen molar-refractivity contribution in [3.05, 3.63) is 52.7 Å². The maximum atomic E-state index is 14.5. The number of hydrogen-bond acceptors (Lipinski definition) is 7. The minimum atomic E-state index is -4.60. The lowest BCUT2D eigenvalue weighted by molar-refractivity contribution is -0.148.